The van der Waals surface area contributed by atoms with Gasteiger partial charge in [-0.1, -0.05) is 68.5 Å². The summed E-state index contributed by atoms with van der Waals surface area (Å²) < 4.78 is 10.8. The molecular weight excluding hydrogens is 464 g/mol. The standard InChI is InChI=1S/C31H32N2O4/c1-36-25-16-15-21-17-23(14-13-22(21)18-25)29-19-27(26-11-7-8-12-28(26)33-29)31(35)37-20-30(34)32-24-9-5-3-2-4-6-10-24/h7-8,11-19,24H,2-6,9-10,20H2,1H3,(H,32,34). The molecule has 0 atom stereocenters. The normalized spacial score (nSPS) is 14.6. The van der Waals surface area contributed by atoms with E-state index in [1.54, 1.807) is 13.2 Å². The lowest BCUT2D eigenvalue weighted by atomic mass is 9.97. The molecule has 5 rings (SSSR count). The number of para-hydroxylation sites is 1. The Hall–Kier alpha value is -3.93. The van der Waals surface area contributed by atoms with Crippen LogP contribution in [0.3, 0.4) is 0 Å². The lowest BCUT2D eigenvalue weighted by molar-refractivity contribution is -0.125. The SMILES string of the molecule is COc1ccc2cc(-c3cc(C(=O)OCC(=O)NC4CCCCCCC4)c4ccccc4n3)ccc2c1. The molecule has 0 spiro atoms. The molecule has 6 heteroatoms. The summed E-state index contributed by atoms with van der Waals surface area (Å²) in [4.78, 5) is 30.5. The fraction of sp³-hybridized carbons (Fsp3) is 0.323. The first kappa shape index (κ1) is 24.8. The number of carbonyl (C=O) groups is 2. The van der Waals surface area contributed by atoms with Crippen LogP contribution >= 0.6 is 0 Å². The molecule has 1 saturated carbocycles. The molecule has 4 aromatic rings. The van der Waals surface area contributed by atoms with Crippen LogP contribution < -0.4 is 10.1 Å². The fourth-order valence-electron chi connectivity index (χ4n) is 5.08. The third-order valence-corrected chi connectivity index (χ3v) is 7.08. The lowest BCUT2D eigenvalue weighted by Crippen LogP contribution is -2.38. The summed E-state index contributed by atoms with van der Waals surface area (Å²) in [5.41, 5.74) is 2.65. The summed E-state index contributed by atoms with van der Waals surface area (Å²) in [7, 11) is 1.65. The van der Waals surface area contributed by atoms with E-state index in [1.165, 1.54) is 19.3 Å². The number of ether oxygens (including phenoxy) is 2. The Morgan fingerprint density at radius 2 is 1.62 bits per heavy atom. The van der Waals surface area contributed by atoms with Crippen molar-refractivity contribution in [2.45, 2.75) is 51.0 Å². The Morgan fingerprint density at radius 3 is 2.43 bits per heavy atom. The van der Waals surface area contributed by atoms with Crippen LogP contribution in [0.2, 0.25) is 0 Å². The maximum absolute atomic E-state index is 13.2. The van der Waals surface area contributed by atoms with Crippen molar-refractivity contribution >= 4 is 33.6 Å². The Morgan fingerprint density at radius 1 is 0.892 bits per heavy atom. The van der Waals surface area contributed by atoms with Gasteiger partial charge in [0.25, 0.3) is 5.91 Å². The fourth-order valence-corrected chi connectivity index (χ4v) is 5.08. The van der Waals surface area contributed by atoms with Gasteiger partial charge in [-0.05, 0) is 53.9 Å². The van der Waals surface area contributed by atoms with Crippen LogP contribution in [0, 0.1) is 0 Å². The van der Waals surface area contributed by atoms with E-state index < -0.39 is 5.97 Å². The number of carbonyl (C=O) groups excluding carboxylic acids is 2. The number of hydrogen-bond donors (Lipinski definition) is 1. The molecule has 1 aliphatic rings. The first-order chi connectivity index (χ1) is 18.1. The average molecular weight is 497 g/mol. The van der Waals surface area contributed by atoms with E-state index in [1.807, 2.05) is 60.7 Å². The molecule has 1 N–H and O–H groups in total. The molecule has 0 saturated heterocycles. The third kappa shape index (κ3) is 5.91. The highest BCUT2D eigenvalue weighted by Gasteiger charge is 2.19. The molecular formula is C31H32N2O4. The zero-order valence-corrected chi connectivity index (χ0v) is 21.2. The zero-order chi connectivity index (χ0) is 25.6. The Kier molecular flexibility index (Phi) is 7.64. The van der Waals surface area contributed by atoms with E-state index >= 15 is 0 Å². The van der Waals surface area contributed by atoms with E-state index in [4.69, 9.17) is 14.5 Å². The van der Waals surface area contributed by atoms with Crippen LogP contribution in [0.1, 0.15) is 55.3 Å². The topological polar surface area (TPSA) is 77.5 Å². The molecule has 1 aliphatic carbocycles. The van der Waals surface area contributed by atoms with Crippen LogP contribution in [0.5, 0.6) is 5.75 Å². The number of fused-ring (bicyclic) bond motifs is 2. The second-order valence-electron chi connectivity index (χ2n) is 9.69. The van der Waals surface area contributed by atoms with Gasteiger partial charge in [-0.2, -0.15) is 0 Å². The number of amides is 1. The number of rotatable bonds is 6. The van der Waals surface area contributed by atoms with Gasteiger partial charge >= 0.3 is 5.97 Å². The van der Waals surface area contributed by atoms with Crippen LogP contribution in [-0.2, 0) is 9.53 Å². The molecule has 190 valence electrons. The van der Waals surface area contributed by atoms with Gasteiger partial charge < -0.3 is 14.8 Å². The minimum atomic E-state index is -0.529. The van der Waals surface area contributed by atoms with Gasteiger partial charge in [-0.15, -0.1) is 0 Å². The number of hydrogen-bond acceptors (Lipinski definition) is 5. The summed E-state index contributed by atoms with van der Waals surface area (Å²) in [5, 5.41) is 5.85. The second-order valence-corrected chi connectivity index (χ2v) is 9.69. The van der Waals surface area contributed by atoms with Crippen molar-refractivity contribution in [3.63, 3.8) is 0 Å². The molecule has 1 aromatic heterocycles. The molecule has 0 aliphatic heterocycles. The highest BCUT2D eigenvalue weighted by molar-refractivity contribution is 6.05. The Labute approximate surface area is 217 Å². The van der Waals surface area contributed by atoms with Gasteiger partial charge in [0.1, 0.15) is 5.75 Å². The highest BCUT2D eigenvalue weighted by Crippen LogP contribution is 2.29. The smallest absolute Gasteiger partial charge is 0.339 e. The quantitative estimate of drug-likeness (QED) is 0.311. The maximum Gasteiger partial charge on any atom is 0.339 e. The van der Waals surface area contributed by atoms with E-state index in [0.29, 0.717) is 22.2 Å². The molecule has 3 aromatic carbocycles. The molecule has 37 heavy (non-hydrogen) atoms. The largest absolute Gasteiger partial charge is 0.497 e. The molecule has 1 fully saturated rings. The molecule has 0 radical (unpaired) electrons. The van der Waals surface area contributed by atoms with E-state index in [2.05, 4.69) is 5.32 Å². The van der Waals surface area contributed by atoms with Crippen molar-refractivity contribution in [1.29, 1.82) is 0 Å². The monoisotopic (exact) mass is 496 g/mol. The molecule has 0 unspecified atom stereocenters. The minimum Gasteiger partial charge on any atom is -0.497 e. The summed E-state index contributed by atoms with van der Waals surface area (Å²) in [6.45, 7) is -0.293. The summed E-state index contributed by atoms with van der Waals surface area (Å²) in [6, 6.07) is 21.3. The minimum absolute atomic E-state index is 0.160. The first-order valence-corrected chi connectivity index (χ1v) is 13.1. The summed E-state index contributed by atoms with van der Waals surface area (Å²) >= 11 is 0. The number of pyridine rings is 1. The van der Waals surface area contributed by atoms with Gasteiger partial charge in [0.2, 0.25) is 0 Å². The maximum atomic E-state index is 13.2. The van der Waals surface area contributed by atoms with Gasteiger partial charge in [0.15, 0.2) is 6.61 Å². The van der Waals surface area contributed by atoms with Crippen LogP contribution in [0.4, 0.5) is 0 Å². The molecule has 1 heterocycles. The third-order valence-electron chi connectivity index (χ3n) is 7.08. The number of esters is 1. The van der Waals surface area contributed by atoms with Crippen LogP contribution in [0.25, 0.3) is 32.9 Å². The highest BCUT2D eigenvalue weighted by atomic mass is 16.5. The lowest BCUT2D eigenvalue weighted by Gasteiger charge is -2.21. The van der Waals surface area contributed by atoms with Crippen molar-refractivity contribution in [2.75, 3.05) is 13.7 Å². The molecule has 0 bridgehead atoms. The average Bonchev–Trinajstić information content (AvgIpc) is 2.91. The van der Waals surface area contributed by atoms with Crippen molar-refractivity contribution in [1.82, 2.24) is 10.3 Å². The van der Waals surface area contributed by atoms with Crippen molar-refractivity contribution in [3.05, 3.63) is 72.3 Å². The number of aromatic nitrogens is 1. The van der Waals surface area contributed by atoms with Crippen molar-refractivity contribution in [3.8, 4) is 17.0 Å². The predicted molar refractivity (Wildman–Crippen MR) is 146 cm³/mol. The van der Waals surface area contributed by atoms with Gasteiger partial charge in [-0.25, -0.2) is 9.78 Å². The van der Waals surface area contributed by atoms with Crippen molar-refractivity contribution < 1.29 is 19.1 Å². The van der Waals surface area contributed by atoms with Gasteiger partial charge in [-0.3, -0.25) is 4.79 Å². The van der Waals surface area contributed by atoms with E-state index in [-0.39, 0.29) is 18.6 Å². The Bertz CT molecular complexity index is 1420. The number of nitrogens with one attached hydrogen (secondary N) is 1. The predicted octanol–water partition coefficient (Wildman–Crippen LogP) is 6.45. The van der Waals surface area contributed by atoms with Gasteiger partial charge in [0.05, 0.1) is 23.9 Å². The summed E-state index contributed by atoms with van der Waals surface area (Å²) in [6.07, 6.45) is 7.91. The van der Waals surface area contributed by atoms with Crippen molar-refractivity contribution in [2.24, 2.45) is 0 Å². The van der Waals surface area contributed by atoms with E-state index in [9.17, 15) is 9.59 Å². The van der Waals surface area contributed by atoms with Crippen LogP contribution in [-0.4, -0.2) is 36.6 Å². The number of nitrogens with zero attached hydrogens (tertiary/aromatic N) is 1. The first-order valence-electron chi connectivity index (χ1n) is 13.1. The Balaban J connectivity index is 1.36. The second kappa shape index (κ2) is 11.4. The van der Waals surface area contributed by atoms with E-state index in [0.717, 1.165) is 47.8 Å². The molecule has 1 amide bonds. The summed E-state index contributed by atoms with van der Waals surface area (Å²) in [5.74, 6) is 0.0216. The molecule has 6 nitrogen and oxygen atoms in total. The van der Waals surface area contributed by atoms with Gasteiger partial charge in [0, 0.05) is 17.0 Å². The zero-order valence-electron chi connectivity index (χ0n) is 21.2. The number of benzene rings is 3. The van der Waals surface area contributed by atoms with Crippen LogP contribution in [0.15, 0.2) is 66.7 Å². The number of methoxy groups -OCH3 is 1.